The zero-order chi connectivity index (χ0) is 19.3. The highest BCUT2D eigenvalue weighted by Crippen LogP contribution is 2.24. The number of nitrogens with zero attached hydrogens (tertiary/aromatic N) is 2. The summed E-state index contributed by atoms with van der Waals surface area (Å²) in [4.78, 5) is 17.5. The number of aromatic nitrogens is 1. The second-order valence-electron chi connectivity index (χ2n) is 6.19. The second kappa shape index (κ2) is 8.15. The molecule has 0 bridgehead atoms. The molecule has 136 valence electrons. The molecule has 1 N–H and O–H groups in total. The molecule has 0 spiro atoms. The predicted molar refractivity (Wildman–Crippen MR) is 116 cm³/mol. The number of hydrazone groups is 1. The van der Waals surface area contributed by atoms with Gasteiger partial charge in [0, 0.05) is 15.4 Å². The zero-order valence-corrected chi connectivity index (χ0v) is 16.4. The van der Waals surface area contributed by atoms with E-state index in [0.29, 0.717) is 5.56 Å². The Hall–Kier alpha value is -3.31. The van der Waals surface area contributed by atoms with E-state index >= 15 is 0 Å². The van der Waals surface area contributed by atoms with Gasteiger partial charge in [-0.15, -0.1) is 0 Å². The first kappa shape index (κ1) is 18.1. The molecule has 0 aliphatic carbocycles. The standard InChI is InChI=1S/C23H16BrN3O/c24-18-10-6-7-16(13-18)15-25-27-23(28)20-14-22(17-8-2-1-3-9-17)26-21-12-5-4-11-19(20)21/h1-15H,(H,27,28)/b25-15-. The maximum atomic E-state index is 12.8. The van der Waals surface area contributed by atoms with Crippen LogP contribution in [-0.2, 0) is 0 Å². The lowest BCUT2D eigenvalue weighted by Gasteiger charge is -2.09. The van der Waals surface area contributed by atoms with Gasteiger partial charge in [-0.3, -0.25) is 4.79 Å². The number of fused-ring (bicyclic) bond motifs is 1. The summed E-state index contributed by atoms with van der Waals surface area (Å²) in [6.07, 6.45) is 1.62. The highest BCUT2D eigenvalue weighted by atomic mass is 79.9. The summed E-state index contributed by atoms with van der Waals surface area (Å²) in [6, 6.07) is 26.9. The van der Waals surface area contributed by atoms with Crippen LogP contribution in [0.3, 0.4) is 0 Å². The van der Waals surface area contributed by atoms with Crippen molar-refractivity contribution in [2.75, 3.05) is 0 Å². The molecule has 5 heteroatoms. The van der Waals surface area contributed by atoms with Crippen LogP contribution < -0.4 is 5.43 Å². The van der Waals surface area contributed by atoms with Gasteiger partial charge < -0.3 is 0 Å². The summed E-state index contributed by atoms with van der Waals surface area (Å²) in [5, 5.41) is 4.89. The minimum Gasteiger partial charge on any atom is -0.267 e. The van der Waals surface area contributed by atoms with Crippen molar-refractivity contribution in [2.45, 2.75) is 0 Å². The molecule has 1 heterocycles. The lowest BCUT2D eigenvalue weighted by Crippen LogP contribution is -2.18. The monoisotopic (exact) mass is 429 g/mol. The second-order valence-corrected chi connectivity index (χ2v) is 7.11. The number of carbonyl (C=O) groups is 1. The molecule has 0 saturated heterocycles. The van der Waals surface area contributed by atoms with Gasteiger partial charge in [0.15, 0.2) is 0 Å². The number of benzene rings is 3. The molecule has 0 unspecified atom stereocenters. The molecule has 0 saturated carbocycles. The molecule has 0 aliphatic rings. The van der Waals surface area contributed by atoms with Gasteiger partial charge in [0.25, 0.3) is 5.91 Å². The Morgan fingerprint density at radius 1 is 0.929 bits per heavy atom. The topological polar surface area (TPSA) is 54.4 Å². The number of amides is 1. The lowest BCUT2D eigenvalue weighted by molar-refractivity contribution is 0.0957. The average molecular weight is 430 g/mol. The Kier molecular flexibility index (Phi) is 5.26. The van der Waals surface area contributed by atoms with Crippen molar-refractivity contribution < 1.29 is 4.79 Å². The Balaban J connectivity index is 1.67. The van der Waals surface area contributed by atoms with E-state index in [4.69, 9.17) is 4.98 Å². The van der Waals surface area contributed by atoms with Crippen molar-refractivity contribution in [3.05, 3.63) is 101 Å². The normalized spacial score (nSPS) is 11.0. The quantitative estimate of drug-likeness (QED) is 0.347. The van der Waals surface area contributed by atoms with Gasteiger partial charge in [-0.2, -0.15) is 5.10 Å². The molecule has 4 nitrogen and oxygen atoms in total. The molecule has 3 aromatic carbocycles. The van der Waals surface area contributed by atoms with Crippen molar-refractivity contribution in [2.24, 2.45) is 5.10 Å². The van der Waals surface area contributed by atoms with Gasteiger partial charge >= 0.3 is 0 Å². The maximum Gasteiger partial charge on any atom is 0.272 e. The van der Waals surface area contributed by atoms with E-state index < -0.39 is 0 Å². The van der Waals surface area contributed by atoms with E-state index in [1.807, 2.05) is 84.9 Å². The number of carbonyl (C=O) groups excluding carboxylic acids is 1. The van der Waals surface area contributed by atoms with Crippen LogP contribution in [0.5, 0.6) is 0 Å². The van der Waals surface area contributed by atoms with Crippen LogP contribution in [0, 0.1) is 0 Å². The number of nitrogens with one attached hydrogen (secondary N) is 1. The van der Waals surface area contributed by atoms with Crippen LogP contribution in [0.1, 0.15) is 15.9 Å². The highest BCUT2D eigenvalue weighted by Gasteiger charge is 2.13. The largest absolute Gasteiger partial charge is 0.272 e. The van der Waals surface area contributed by atoms with Gasteiger partial charge in [0.2, 0.25) is 0 Å². The number of halogens is 1. The molecule has 28 heavy (non-hydrogen) atoms. The molecule has 0 atom stereocenters. The van der Waals surface area contributed by atoms with Crippen LogP contribution in [0.15, 0.2) is 94.5 Å². The van der Waals surface area contributed by atoms with Crippen LogP contribution in [0.25, 0.3) is 22.2 Å². The lowest BCUT2D eigenvalue weighted by atomic mass is 10.0. The number of para-hydroxylation sites is 1. The maximum absolute atomic E-state index is 12.8. The van der Waals surface area contributed by atoms with E-state index in [1.54, 1.807) is 6.21 Å². The third kappa shape index (κ3) is 4.00. The van der Waals surface area contributed by atoms with E-state index in [9.17, 15) is 4.79 Å². The summed E-state index contributed by atoms with van der Waals surface area (Å²) in [5.41, 5.74) is 6.53. The smallest absolute Gasteiger partial charge is 0.267 e. The molecule has 4 rings (SSSR count). The highest BCUT2D eigenvalue weighted by molar-refractivity contribution is 9.10. The van der Waals surface area contributed by atoms with Crippen LogP contribution in [0.2, 0.25) is 0 Å². The van der Waals surface area contributed by atoms with E-state index in [2.05, 4.69) is 26.5 Å². The third-order valence-electron chi connectivity index (χ3n) is 4.26. The fourth-order valence-corrected chi connectivity index (χ4v) is 3.35. The summed E-state index contributed by atoms with van der Waals surface area (Å²) < 4.78 is 0.954. The third-order valence-corrected chi connectivity index (χ3v) is 4.75. The first-order chi connectivity index (χ1) is 13.7. The molecular formula is C23H16BrN3O. The Morgan fingerprint density at radius 3 is 2.54 bits per heavy atom. The fraction of sp³-hybridized carbons (Fsp3) is 0. The van der Waals surface area contributed by atoms with Crippen molar-refractivity contribution >= 4 is 39.0 Å². The van der Waals surface area contributed by atoms with E-state index in [0.717, 1.165) is 32.2 Å². The predicted octanol–water partition coefficient (Wildman–Crippen LogP) is 5.43. The van der Waals surface area contributed by atoms with Crippen molar-refractivity contribution in [3.63, 3.8) is 0 Å². The molecule has 4 aromatic rings. The minimum absolute atomic E-state index is 0.276. The molecule has 1 amide bonds. The van der Waals surface area contributed by atoms with Gasteiger partial charge in [-0.25, -0.2) is 10.4 Å². The SMILES string of the molecule is O=C(N/N=C\c1cccc(Br)c1)c1cc(-c2ccccc2)nc2ccccc12. The van der Waals surface area contributed by atoms with Crippen molar-refractivity contribution in [3.8, 4) is 11.3 Å². The summed E-state index contributed by atoms with van der Waals surface area (Å²) in [6.45, 7) is 0. The van der Waals surface area contributed by atoms with Crippen LogP contribution in [-0.4, -0.2) is 17.1 Å². The number of hydrogen-bond donors (Lipinski definition) is 1. The Bertz CT molecular complexity index is 1170. The zero-order valence-electron chi connectivity index (χ0n) is 14.8. The van der Waals surface area contributed by atoms with Gasteiger partial charge in [-0.1, -0.05) is 76.6 Å². The van der Waals surface area contributed by atoms with Crippen molar-refractivity contribution in [1.82, 2.24) is 10.4 Å². The first-order valence-electron chi connectivity index (χ1n) is 8.75. The fourth-order valence-electron chi connectivity index (χ4n) is 2.93. The Labute approximate surface area is 171 Å². The van der Waals surface area contributed by atoms with E-state index in [1.165, 1.54) is 0 Å². The average Bonchev–Trinajstić information content (AvgIpc) is 2.73. The molecule has 0 radical (unpaired) electrons. The number of pyridine rings is 1. The number of hydrogen-bond acceptors (Lipinski definition) is 3. The van der Waals surface area contributed by atoms with Crippen LogP contribution in [0.4, 0.5) is 0 Å². The van der Waals surface area contributed by atoms with Crippen LogP contribution >= 0.6 is 15.9 Å². The van der Waals surface area contributed by atoms with Gasteiger partial charge in [0.05, 0.1) is 23.0 Å². The van der Waals surface area contributed by atoms with Crippen molar-refractivity contribution in [1.29, 1.82) is 0 Å². The summed E-state index contributed by atoms with van der Waals surface area (Å²) in [5.74, 6) is -0.276. The first-order valence-corrected chi connectivity index (χ1v) is 9.54. The van der Waals surface area contributed by atoms with E-state index in [-0.39, 0.29) is 5.91 Å². The summed E-state index contributed by atoms with van der Waals surface area (Å²) >= 11 is 3.42. The van der Waals surface area contributed by atoms with Gasteiger partial charge in [-0.05, 0) is 29.8 Å². The molecule has 1 aromatic heterocycles. The molecule has 0 aliphatic heterocycles. The Morgan fingerprint density at radius 2 is 1.71 bits per heavy atom. The molecular weight excluding hydrogens is 414 g/mol. The summed E-state index contributed by atoms with van der Waals surface area (Å²) in [7, 11) is 0. The van der Waals surface area contributed by atoms with Gasteiger partial charge in [0.1, 0.15) is 0 Å². The minimum atomic E-state index is -0.276. The number of rotatable bonds is 4. The molecule has 0 fully saturated rings.